The summed E-state index contributed by atoms with van der Waals surface area (Å²) in [5.74, 6) is -0.520. The van der Waals surface area contributed by atoms with Crippen LogP contribution in [0.5, 0.6) is 0 Å². The van der Waals surface area contributed by atoms with Gasteiger partial charge >= 0.3 is 0 Å². The van der Waals surface area contributed by atoms with E-state index >= 15 is 0 Å². The predicted molar refractivity (Wildman–Crippen MR) is 94.5 cm³/mol. The van der Waals surface area contributed by atoms with Crippen LogP contribution in [0.15, 0.2) is 36.7 Å². The number of pyridine rings is 1. The van der Waals surface area contributed by atoms with Gasteiger partial charge in [-0.15, -0.1) is 0 Å². The smallest absolute Gasteiger partial charge is 0.254 e. The van der Waals surface area contributed by atoms with Crippen molar-refractivity contribution in [2.24, 2.45) is 0 Å². The molecule has 1 amide bonds. The van der Waals surface area contributed by atoms with Crippen molar-refractivity contribution in [2.75, 3.05) is 31.9 Å². The van der Waals surface area contributed by atoms with Crippen LogP contribution >= 0.6 is 0 Å². The highest BCUT2D eigenvalue weighted by atomic mass is 19.1. The molecular weight excluding hydrogens is 319 g/mol. The van der Waals surface area contributed by atoms with Crippen LogP contribution in [0, 0.1) is 5.82 Å². The first-order chi connectivity index (χ1) is 12.1. The first-order valence-electron chi connectivity index (χ1n) is 8.66. The molecule has 2 aromatic rings. The molecule has 1 aromatic carbocycles. The average Bonchev–Trinajstić information content (AvgIpc) is 2.96. The number of benzene rings is 1. The van der Waals surface area contributed by atoms with E-state index in [9.17, 15) is 9.18 Å². The zero-order chi connectivity index (χ0) is 17.4. The first-order valence-corrected chi connectivity index (χ1v) is 8.66. The summed E-state index contributed by atoms with van der Waals surface area (Å²) >= 11 is 0. The molecule has 2 bridgehead atoms. The van der Waals surface area contributed by atoms with Gasteiger partial charge in [0, 0.05) is 55.1 Å². The second kappa shape index (κ2) is 6.44. The number of hydrogen-bond acceptors (Lipinski definition) is 4. The number of halogens is 1. The van der Waals surface area contributed by atoms with Crippen LogP contribution in [0.25, 0.3) is 11.1 Å². The number of nitrogen functional groups attached to an aromatic ring is 1. The van der Waals surface area contributed by atoms with Crippen molar-refractivity contribution >= 4 is 11.6 Å². The number of rotatable bonds is 2. The second-order valence-corrected chi connectivity index (χ2v) is 6.73. The minimum absolute atomic E-state index is 0.0816. The number of nitrogens with two attached hydrogens (primary N) is 1. The lowest BCUT2D eigenvalue weighted by Crippen LogP contribution is -2.41. The van der Waals surface area contributed by atoms with E-state index in [2.05, 4.69) is 9.88 Å². The normalized spacial score (nSPS) is 22.7. The molecule has 3 aliphatic rings. The molecule has 6 heteroatoms. The van der Waals surface area contributed by atoms with Crippen molar-refractivity contribution < 1.29 is 9.18 Å². The van der Waals surface area contributed by atoms with Crippen molar-refractivity contribution in [3.05, 3.63) is 48.0 Å². The lowest BCUT2D eigenvalue weighted by atomic mass is 10.0. The number of piperidine rings is 1. The van der Waals surface area contributed by atoms with E-state index in [0.717, 1.165) is 32.5 Å². The highest BCUT2D eigenvalue weighted by molar-refractivity contribution is 5.95. The third-order valence-electron chi connectivity index (χ3n) is 5.27. The third kappa shape index (κ3) is 2.98. The van der Waals surface area contributed by atoms with E-state index in [4.69, 9.17) is 5.73 Å². The number of aromatic nitrogens is 1. The second-order valence-electron chi connectivity index (χ2n) is 6.73. The van der Waals surface area contributed by atoms with Gasteiger partial charge in [0.15, 0.2) is 0 Å². The standard InChI is InChI=1S/C19H21FN4O/c20-17-11-13(1-2-15(17)16-3-6-22-12-18(16)21)19(25)24-10-9-23-7-4-14(24)5-8-23/h1-3,6,11-12,14H,4-5,7-10,21H2. The zero-order valence-electron chi connectivity index (χ0n) is 14.0. The molecule has 0 aliphatic carbocycles. The Bertz CT molecular complexity index is 802. The summed E-state index contributed by atoms with van der Waals surface area (Å²) in [7, 11) is 0. The molecule has 3 aliphatic heterocycles. The molecule has 0 spiro atoms. The van der Waals surface area contributed by atoms with Gasteiger partial charge in [-0.3, -0.25) is 9.78 Å². The van der Waals surface area contributed by atoms with Crippen LogP contribution in [0.2, 0.25) is 0 Å². The fourth-order valence-electron chi connectivity index (χ4n) is 3.84. The molecule has 0 unspecified atom stereocenters. The predicted octanol–water partition coefficient (Wildman–Crippen LogP) is 2.39. The van der Waals surface area contributed by atoms with Crippen LogP contribution in [0.4, 0.5) is 10.1 Å². The Labute approximate surface area is 146 Å². The molecule has 0 saturated carbocycles. The molecule has 25 heavy (non-hydrogen) atoms. The van der Waals surface area contributed by atoms with Crippen LogP contribution in [-0.2, 0) is 0 Å². The number of carbonyl (C=O) groups is 1. The largest absolute Gasteiger partial charge is 0.397 e. The lowest BCUT2D eigenvalue weighted by Gasteiger charge is -2.31. The summed E-state index contributed by atoms with van der Waals surface area (Å²) in [6, 6.07) is 6.60. The molecule has 0 atom stereocenters. The third-order valence-corrected chi connectivity index (χ3v) is 5.27. The molecule has 3 saturated heterocycles. The van der Waals surface area contributed by atoms with Gasteiger partial charge in [-0.1, -0.05) is 6.07 Å². The van der Waals surface area contributed by atoms with Crippen molar-refractivity contribution in [2.45, 2.75) is 18.9 Å². The number of nitrogens with zero attached hydrogens (tertiary/aromatic N) is 3. The highest BCUT2D eigenvalue weighted by Gasteiger charge is 2.32. The number of anilines is 1. The first kappa shape index (κ1) is 16.0. The van der Waals surface area contributed by atoms with Crippen LogP contribution < -0.4 is 5.73 Å². The summed E-state index contributed by atoms with van der Waals surface area (Å²) in [5.41, 5.74) is 7.68. The quantitative estimate of drug-likeness (QED) is 0.912. The van der Waals surface area contributed by atoms with Crippen molar-refractivity contribution in [1.29, 1.82) is 0 Å². The van der Waals surface area contributed by atoms with Gasteiger partial charge in [-0.25, -0.2) is 4.39 Å². The molecule has 2 N–H and O–H groups in total. The molecule has 5 nitrogen and oxygen atoms in total. The number of carbonyl (C=O) groups excluding carboxylic acids is 1. The summed E-state index contributed by atoms with van der Waals surface area (Å²) < 4.78 is 14.7. The van der Waals surface area contributed by atoms with E-state index in [-0.39, 0.29) is 11.9 Å². The van der Waals surface area contributed by atoms with Gasteiger partial charge in [0.25, 0.3) is 5.91 Å². The Kier molecular flexibility index (Phi) is 4.13. The fraction of sp³-hybridized carbons (Fsp3) is 0.368. The topological polar surface area (TPSA) is 62.5 Å². The Balaban J connectivity index is 1.62. The monoisotopic (exact) mass is 340 g/mol. The Morgan fingerprint density at radius 3 is 2.64 bits per heavy atom. The van der Waals surface area contributed by atoms with Gasteiger partial charge in [0.1, 0.15) is 5.82 Å². The molecule has 1 aromatic heterocycles. The van der Waals surface area contributed by atoms with Gasteiger partial charge < -0.3 is 15.5 Å². The molecule has 5 rings (SSSR count). The van der Waals surface area contributed by atoms with Gasteiger partial charge in [0.2, 0.25) is 0 Å². The lowest BCUT2D eigenvalue weighted by molar-refractivity contribution is 0.0684. The summed E-state index contributed by atoms with van der Waals surface area (Å²) in [4.78, 5) is 21.1. The van der Waals surface area contributed by atoms with Crippen LogP contribution in [-0.4, -0.2) is 52.9 Å². The maximum Gasteiger partial charge on any atom is 0.254 e. The minimum atomic E-state index is -0.438. The highest BCUT2D eigenvalue weighted by Crippen LogP contribution is 2.29. The Morgan fingerprint density at radius 1 is 1.12 bits per heavy atom. The maximum atomic E-state index is 14.7. The number of hydrogen-bond donors (Lipinski definition) is 1. The van der Waals surface area contributed by atoms with Crippen LogP contribution in [0.3, 0.4) is 0 Å². The summed E-state index contributed by atoms with van der Waals surface area (Å²) in [5, 5.41) is 0. The SMILES string of the molecule is Nc1cnccc1-c1ccc(C(=O)N2CCN3CCC2CC3)cc1F. The minimum Gasteiger partial charge on any atom is -0.397 e. The van der Waals surface area contributed by atoms with Gasteiger partial charge in [-0.05, 0) is 31.0 Å². The maximum absolute atomic E-state index is 14.7. The van der Waals surface area contributed by atoms with Crippen molar-refractivity contribution in [3.8, 4) is 11.1 Å². The van der Waals surface area contributed by atoms with E-state index in [0.29, 0.717) is 28.9 Å². The van der Waals surface area contributed by atoms with Crippen LogP contribution in [0.1, 0.15) is 23.2 Å². The summed E-state index contributed by atoms with van der Waals surface area (Å²) in [6.45, 7) is 3.70. The molecular formula is C19H21FN4O. The number of fused-ring (bicyclic) bond motifs is 4. The van der Waals surface area contributed by atoms with E-state index in [1.165, 1.54) is 12.3 Å². The van der Waals surface area contributed by atoms with E-state index < -0.39 is 5.82 Å². The van der Waals surface area contributed by atoms with Gasteiger partial charge in [-0.2, -0.15) is 0 Å². The number of amides is 1. The molecule has 3 fully saturated rings. The molecule has 0 radical (unpaired) electrons. The molecule has 130 valence electrons. The van der Waals surface area contributed by atoms with E-state index in [1.54, 1.807) is 24.4 Å². The summed E-state index contributed by atoms with van der Waals surface area (Å²) in [6.07, 6.45) is 5.07. The average molecular weight is 340 g/mol. The van der Waals surface area contributed by atoms with Crippen molar-refractivity contribution in [1.82, 2.24) is 14.8 Å². The van der Waals surface area contributed by atoms with Gasteiger partial charge in [0.05, 0.1) is 11.9 Å². The van der Waals surface area contributed by atoms with Crippen molar-refractivity contribution in [3.63, 3.8) is 0 Å². The fourth-order valence-corrected chi connectivity index (χ4v) is 3.84. The Morgan fingerprint density at radius 2 is 1.92 bits per heavy atom. The zero-order valence-corrected chi connectivity index (χ0v) is 14.0. The van der Waals surface area contributed by atoms with E-state index in [1.807, 2.05) is 4.90 Å². The Hall–Kier alpha value is -2.47. The molecule has 4 heterocycles.